The van der Waals surface area contributed by atoms with E-state index < -0.39 is 0 Å². The molecular formula is C17H30ClN3O2S. The number of rotatable bonds is 3. The van der Waals surface area contributed by atoms with E-state index in [0.29, 0.717) is 5.88 Å². The Morgan fingerprint density at radius 3 is 2.42 bits per heavy atom. The zero-order valence-corrected chi connectivity index (χ0v) is 16.3. The van der Waals surface area contributed by atoms with Gasteiger partial charge in [0.25, 0.3) is 0 Å². The largest absolute Gasteiger partial charge is 0.341 e. The molecule has 5 nitrogen and oxygen atoms in total. The van der Waals surface area contributed by atoms with Gasteiger partial charge in [-0.25, -0.2) is 0 Å². The molecule has 3 saturated heterocycles. The summed E-state index contributed by atoms with van der Waals surface area (Å²) < 4.78 is 0. The van der Waals surface area contributed by atoms with Crippen molar-refractivity contribution in [3.05, 3.63) is 0 Å². The van der Waals surface area contributed by atoms with Gasteiger partial charge in [-0.3, -0.25) is 9.59 Å². The van der Waals surface area contributed by atoms with Crippen molar-refractivity contribution in [3.8, 4) is 0 Å². The highest BCUT2D eigenvalue weighted by Crippen LogP contribution is 2.29. The molecule has 24 heavy (non-hydrogen) atoms. The lowest BCUT2D eigenvalue weighted by Gasteiger charge is -2.30. The Bertz CT molecular complexity index is 451. The summed E-state index contributed by atoms with van der Waals surface area (Å²) in [6.45, 7) is 7.91. The Morgan fingerprint density at radius 2 is 1.83 bits per heavy atom. The standard InChI is InChI=1S/C17H29N3O2S.ClH/c1-3-12(2)16(21)20-11-23-10-15(20)17(22)19-6-4-13-8-18-9-14(13)5-7-19;/h12-15,18H,3-11H2,1-2H3;1H/t12?,13-,14+,15?;. The normalized spacial score (nSPS) is 31.2. The topological polar surface area (TPSA) is 52.7 Å². The number of amides is 2. The van der Waals surface area contributed by atoms with E-state index in [2.05, 4.69) is 5.32 Å². The Morgan fingerprint density at radius 1 is 1.21 bits per heavy atom. The smallest absolute Gasteiger partial charge is 0.246 e. The van der Waals surface area contributed by atoms with Crippen LogP contribution in [0.2, 0.25) is 0 Å². The highest BCUT2D eigenvalue weighted by molar-refractivity contribution is 7.99. The zero-order chi connectivity index (χ0) is 16.4. The predicted molar refractivity (Wildman–Crippen MR) is 100 cm³/mol. The maximum Gasteiger partial charge on any atom is 0.246 e. The summed E-state index contributed by atoms with van der Waals surface area (Å²) in [5.74, 6) is 3.21. The number of carbonyl (C=O) groups excluding carboxylic acids is 2. The molecule has 0 spiro atoms. The van der Waals surface area contributed by atoms with E-state index >= 15 is 0 Å². The molecule has 0 radical (unpaired) electrons. The van der Waals surface area contributed by atoms with E-state index in [1.807, 2.05) is 23.6 Å². The van der Waals surface area contributed by atoms with E-state index in [4.69, 9.17) is 0 Å². The van der Waals surface area contributed by atoms with Crippen molar-refractivity contribution in [2.75, 3.05) is 37.8 Å². The first-order valence-electron chi connectivity index (χ1n) is 8.99. The molecule has 0 aromatic carbocycles. The molecule has 3 rings (SSSR count). The van der Waals surface area contributed by atoms with Crippen LogP contribution in [0.3, 0.4) is 0 Å². The van der Waals surface area contributed by atoms with E-state index in [-0.39, 0.29) is 36.2 Å². The molecule has 3 aliphatic rings. The molecule has 7 heteroatoms. The lowest BCUT2D eigenvalue weighted by atomic mass is 9.92. The molecular weight excluding hydrogens is 346 g/mol. The fourth-order valence-corrected chi connectivity index (χ4v) is 5.13. The van der Waals surface area contributed by atoms with Gasteiger partial charge in [0.2, 0.25) is 11.8 Å². The number of likely N-dealkylation sites (tertiary alicyclic amines) is 1. The predicted octanol–water partition coefficient (Wildman–Crippen LogP) is 1.81. The van der Waals surface area contributed by atoms with Crippen LogP contribution in [-0.2, 0) is 9.59 Å². The second-order valence-corrected chi connectivity index (χ2v) is 8.21. The molecule has 0 bridgehead atoms. The molecule has 2 amide bonds. The molecule has 2 unspecified atom stereocenters. The minimum absolute atomic E-state index is 0. The van der Waals surface area contributed by atoms with E-state index in [9.17, 15) is 9.59 Å². The lowest BCUT2D eigenvalue weighted by molar-refractivity contribution is -0.145. The average molecular weight is 376 g/mol. The Labute approximate surface area is 155 Å². The number of hydrogen-bond donors (Lipinski definition) is 1. The van der Waals surface area contributed by atoms with Crippen LogP contribution < -0.4 is 5.32 Å². The summed E-state index contributed by atoms with van der Waals surface area (Å²) >= 11 is 1.71. The first kappa shape index (κ1) is 19.9. The van der Waals surface area contributed by atoms with Crippen LogP contribution in [0, 0.1) is 17.8 Å². The summed E-state index contributed by atoms with van der Waals surface area (Å²) in [5.41, 5.74) is 0. The number of nitrogens with zero attached hydrogens (tertiary/aromatic N) is 2. The third-order valence-electron chi connectivity index (χ3n) is 5.82. The monoisotopic (exact) mass is 375 g/mol. The average Bonchev–Trinajstić information content (AvgIpc) is 3.18. The molecule has 138 valence electrons. The second-order valence-electron chi connectivity index (χ2n) is 7.21. The number of carbonyl (C=O) groups is 2. The summed E-state index contributed by atoms with van der Waals surface area (Å²) in [6, 6.07) is -0.238. The zero-order valence-electron chi connectivity index (χ0n) is 14.7. The summed E-state index contributed by atoms with van der Waals surface area (Å²) in [6.07, 6.45) is 3.03. The van der Waals surface area contributed by atoms with Gasteiger partial charge in [-0.2, -0.15) is 0 Å². The van der Waals surface area contributed by atoms with Crippen molar-refractivity contribution in [2.24, 2.45) is 17.8 Å². The number of fused-ring (bicyclic) bond motifs is 1. The fraction of sp³-hybridized carbons (Fsp3) is 0.882. The number of hydrogen-bond acceptors (Lipinski definition) is 4. The molecule has 0 saturated carbocycles. The number of nitrogens with one attached hydrogen (secondary N) is 1. The lowest BCUT2D eigenvalue weighted by Crippen LogP contribution is -2.50. The van der Waals surface area contributed by atoms with Crippen molar-refractivity contribution in [2.45, 2.75) is 39.2 Å². The summed E-state index contributed by atoms with van der Waals surface area (Å²) in [7, 11) is 0. The van der Waals surface area contributed by atoms with Gasteiger partial charge < -0.3 is 15.1 Å². The molecule has 4 atom stereocenters. The summed E-state index contributed by atoms with van der Waals surface area (Å²) in [4.78, 5) is 29.4. The van der Waals surface area contributed by atoms with Gasteiger partial charge in [0.15, 0.2) is 0 Å². The van der Waals surface area contributed by atoms with Crippen molar-refractivity contribution in [3.63, 3.8) is 0 Å². The Kier molecular flexibility index (Phi) is 7.25. The molecule has 0 aromatic heterocycles. The second kappa shape index (κ2) is 8.77. The number of thioether (sulfide) groups is 1. The van der Waals surface area contributed by atoms with Crippen LogP contribution in [-0.4, -0.2) is 65.5 Å². The Balaban J connectivity index is 0.00000208. The van der Waals surface area contributed by atoms with Crippen molar-refractivity contribution >= 4 is 36.0 Å². The van der Waals surface area contributed by atoms with Crippen LogP contribution in [0.4, 0.5) is 0 Å². The quantitative estimate of drug-likeness (QED) is 0.817. The van der Waals surface area contributed by atoms with Crippen LogP contribution >= 0.6 is 24.2 Å². The minimum atomic E-state index is -0.238. The molecule has 1 N–H and O–H groups in total. The Hall–Kier alpha value is -0.460. The van der Waals surface area contributed by atoms with Gasteiger partial charge in [0.05, 0.1) is 5.88 Å². The highest BCUT2D eigenvalue weighted by Gasteiger charge is 2.39. The van der Waals surface area contributed by atoms with Gasteiger partial charge in [-0.1, -0.05) is 13.8 Å². The SMILES string of the molecule is CCC(C)C(=O)N1CSCC1C(=O)N1CC[C@@H]2CNC[C@@H]2CC1.Cl. The fourth-order valence-electron chi connectivity index (χ4n) is 3.97. The first-order chi connectivity index (χ1) is 11.1. The molecule has 0 aromatic rings. The van der Waals surface area contributed by atoms with E-state index in [0.717, 1.165) is 63.0 Å². The first-order valence-corrected chi connectivity index (χ1v) is 10.1. The van der Waals surface area contributed by atoms with Gasteiger partial charge >= 0.3 is 0 Å². The van der Waals surface area contributed by atoms with Gasteiger partial charge in [-0.05, 0) is 44.2 Å². The molecule has 3 fully saturated rings. The van der Waals surface area contributed by atoms with Gasteiger partial charge in [-0.15, -0.1) is 24.2 Å². The third kappa shape index (κ3) is 4.02. The third-order valence-corrected chi connectivity index (χ3v) is 6.83. The number of halogens is 1. The summed E-state index contributed by atoms with van der Waals surface area (Å²) in [5, 5.41) is 3.47. The van der Waals surface area contributed by atoms with Crippen LogP contribution in [0.1, 0.15) is 33.1 Å². The van der Waals surface area contributed by atoms with Crippen LogP contribution in [0.5, 0.6) is 0 Å². The van der Waals surface area contributed by atoms with Crippen molar-refractivity contribution in [1.29, 1.82) is 0 Å². The van der Waals surface area contributed by atoms with E-state index in [1.54, 1.807) is 11.8 Å². The van der Waals surface area contributed by atoms with Gasteiger partial charge in [0.1, 0.15) is 6.04 Å². The molecule has 0 aliphatic carbocycles. The van der Waals surface area contributed by atoms with Gasteiger partial charge in [0, 0.05) is 24.8 Å². The maximum absolute atomic E-state index is 13.0. The molecule has 3 aliphatic heterocycles. The minimum Gasteiger partial charge on any atom is -0.341 e. The van der Waals surface area contributed by atoms with Crippen molar-refractivity contribution < 1.29 is 9.59 Å². The highest BCUT2D eigenvalue weighted by atomic mass is 35.5. The van der Waals surface area contributed by atoms with E-state index in [1.165, 1.54) is 0 Å². The van der Waals surface area contributed by atoms with Crippen LogP contribution in [0.25, 0.3) is 0 Å². The maximum atomic E-state index is 13.0. The molecule has 3 heterocycles. The van der Waals surface area contributed by atoms with Crippen LogP contribution in [0.15, 0.2) is 0 Å². The van der Waals surface area contributed by atoms with Crippen molar-refractivity contribution in [1.82, 2.24) is 15.1 Å².